The smallest absolute Gasteiger partial charge is 0.243 e. The zero-order valence-electron chi connectivity index (χ0n) is 12.7. The van der Waals surface area contributed by atoms with E-state index in [1.807, 2.05) is 0 Å². The number of benzene rings is 2. The second-order valence-corrected chi connectivity index (χ2v) is 5.08. The minimum Gasteiger partial charge on any atom is -0.508 e. The minimum absolute atomic E-state index is 0.0994. The first kappa shape index (κ1) is 17.4. The van der Waals surface area contributed by atoms with Crippen LogP contribution in [-0.2, 0) is 16.0 Å². The topological polar surface area (TPSA) is 78.4 Å². The Balaban J connectivity index is 1.76. The standard InChI is InChI=1S/C17H16F2N2O3/c18-13-7-6-12(9-14(13)19)21-17(24)10-20-16(23)8-5-11-3-1-2-4-15(11)22/h1-4,6-7,9,22H,5,8,10H2,(H,20,23)(H,21,24). The molecule has 126 valence electrons. The van der Waals surface area contributed by atoms with Gasteiger partial charge in [0.25, 0.3) is 0 Å². The normalized spacial score (nSPS) is 10.2. The van der Waals surface area contributed by atoms with Crippen molar-refractivity contribution in [3.63, 3.8) is 0 Å². The van der Waals surface area contributed by atoms with Crippen LogP contribution in [0.4, 0.5) is 14.5 Å². The summed E-state index contributed by atoms with van der Waals surface area (Å²) in [5.41, 5.74) is 0.737. The summed E-state index contributed by atoms with van der Waals surface area (Å²) >= 11 is 0. The highest BCUT2D eigenvalue weighted by molar-refractivity contribution is 5.94. The molecule has 0 aromatic heterocycles. The van der Waals surface area contributed by atoms with Crippen molar-refractivity contribution in [3.8, 4) is 5.75 Å². The van der Waals surface area contributed by atoms with Gasteiger partial charge in [0.15, 0.2) is 11.6 Å². The molecule has 0 saturated carbocycles. The highest BCUT2D eigenvalue weighted by Crippen LogP contribution is 2.17. The van der Waals surface area contributed by atoms with Gasteiger partial charge in [-0.3, -0.25) is 9.59 Å². The van der Waals surface area contributed by atoms with Crippen molar-refractivity contribution in [1.29, 1.82) is 0 Å². The van der Waals surface area contributed by atoms with Crippen LogP contribution in [0.2, 0.25) is 0 Å². The van der Waals surface area contributed by atoms with Crippen LogP contribution >= 0.6 is 0 Å². The number of anilines is 1. The summed E-state index contributed by atoms with van der Waals surface area (Å²) in [7, 11) is 0. The maximum atomic E-state index is 13.0. The molecule has 2 aromatic carbocycles. The Labute approximate surface area is 137 Å². The van der Waals surface area contributed by atoms with Crippen LogP contribution in [0.15, 0.2) is 42.5 Å². The molecule has 0 aliphatic rings. The fourth-order valence-electron chi connectivity index (χ4n) is 2.02. The zero-order valence-corrected chi connectivity index (χ0v) is 12.7. The van der Waals surface area contributed by atoms with Gasteiger partial charge < -0.3 is 15.7 Å². The zero-order chi connectivity index (χ0) is 17.5. The number of rotatable bonds is 6. The van der Waals surface area contributed by atoms with Gasteiger partial charge in [-0.2, -0.15) is 0 Å². The third kappa shape index (κ3) is 5.05. The number of phenols is 1. The van der Waals surface area contributed by atoms with E-state index >= 15 is 0 Å². The van der Waals surface area contributed by atoms with Crippen molar-refractivity contribution >= 4 is 17.5 Å². The van der Waals surface area contributed by atoms with Crippen molar-refractivity contribution in [2.45, 2.75) is 12.8 Å². The molecule has 0 heterocycles. The fourth-order valence-corrected chi connectivity index (χ4v) is 2.02. The Morgan fingerprint density at radius 2 is 1.75 bits per heavy atom. The molecule has 0 bridgehead atoms. The van der Waals surface area contributed by atoms with E-state index in [-0.39, 0.29) is 30.3 Å². The van der Waals surface area contributed by atoms with E-state index in [0.29, 0.717) is 12.0 Å². The summed E-state index contributed by atoms with van der Waals surface area (Å²) in [6, 6.07) is 9.64. The molecule has 5 nitrogen and oxygen atoms in total. The molecule has 0 fully saturated rings. The number of hydrogen-bond acceptors (Lipinski definition) is 3. The first-order valence-corrected chi connectivity index (χ1v) is 7.24. The van der Waals surface area contributed by atoms with Gasteiger partial charge in [0.2, 0.25) is 11.8 Å². The highest BCUT2D eigenvalue weighted by atomic mass is 19.2. The Morgan fingerprint density at radius 3 is 2.46 bits per heavy atom. The summed E-state index contributed by atoms with van der Waals surface area (Å²) in [5.74, 6) is -2.89. The summed E-state index contributed by atoms with van der Waals surface area (Å²) in [6.45, 7) is -0.293. The molecule has 0 aliphatic carbocycles. The predicted molar refractivity (Wildman–Crippen MR) is 84.4 cm³/mol. The quantitative estimate of drug-likeness (QED) is 0.759. The molecule has 0 aliphatic heterocycles. The highest BCUT2D eigenvalue weighted by Gasteiger charge is 2.09. The SMILES string of the molecule is O=C(CCc1ccccc1O)NCC(=O)Nc1ccc(F)c(F)c1. The molecule has 24 heavy (non-hydrogen) atoms. The Hall–Kier alpha value is -2.96. The number of halogens is 2. The van der Waals surface area contributed by atoms with Gasteiger partial charge in [-0.15, -0.1) is 0 Å². The lowest BCUT2D eigenvalue weighted by atomic mass is 10.1. The van der Waals surface area contributed by atoms with Crippen LogP contribution in [-0.4, -0.2) is 23.5 Å². The van der Waals surface area contributed by atoms with E-state index in [1.165, 1.54) is 12.1 Å². The van der Waals surface area contributed by atoms with Gasteiger partial charge >= 0.3 is 0 Å². The molecule has 0 atom stereocenters. The molecule has 0 unspecified atom stereocenters. The number of hydrogen-bond donors (Lipinski definition) is 3. The lowest BCUT2D eigenvalue weighted by molar-refractivity contribution is -0.124. The van der Waals surface area contributed by atoms with Gasteiger partial charge in [0.1, 0.15) is 5.75 Å². The molecule has 7 heteroatoms. The maximum absolute atomic E-state index is 13.0. The van der Waals surface area contributed by atoms with Crippen LogP contribution in [0.25, 0.3) is 0 Å². The van der Waals surface area contributed by atoms with Crippen LogP contribution in [0, 0.1) is 11.6 Å². The maximum Gasteiger partial charge on any atom is 0.243 e. The van der Waals surface area contributed by atoms with Gasteiger partial charge in [-0.25, -0.2) is 8.78 Å². The number of carbonyl (C=O) groups is 2. The van der Waals surface area contributed by atoms with Crippen LogP contribution in [0.5, 0.6) is 5.75 Å². The number of amides is 2. The molecular formula is C17H16F2N2O3. The molecule has 2 rings (SSSR count). The van der Waals surface area contributed by atoms with Gasteiger partial charge in [-0.1, -0.05) is 18.2 Å². The van der Waals surface area contributed by atoms with Crippen molar-refractivity contribution in [3.05, 3.63) is 59.7 Å². The summed E-state index contributed by atoms with van der Waals surface area (Å²) in [4.78, 5) is 23.4. The second-order valence-electron chi connectivity index (χ2n) is 5.08. The third-order valence-corrected chi connectivity index (χ3v) is 3.26. The number of para-hydroxylation sites is 1. The van der Waals surface area contributed by atoms with Crippen molar-refractivity contribution in [2.24, 2.45) is 0 Å². The predicted octanol–water partition coefficient (Wildman–Crippen LogP) is 2.36. The van der Waals surface area contributed by atoms with Crippen molar-refractivity contribution in [1.82, 2.24) is 5.32 Å². The van der Waals surface area contributed by atoms with Gasteiger partial charge in [0, 0.05) is 18.2 Å². The Bertz CT molecular complexity index is 750. The van der Waals surface area contributed by atoms with Crippen LogP contribution in [0.3, 0.4) is 0 Å². The van der Waals surface area contributed by atoms with Gasteiger partial charge in [0.05, 0.1) is 6.54 Å². The first-order chi connectivity index (χ1) is 11.5. The molecule has 2 amide bonds. The molecular weight excluding hydrogens is 318 g/mol. The number of phenolic OH excluding ortho intramolecular Hbond substituents is 1. The van der Waals surface area contributed by atoms with E-state index in [9.17, 15) is 23.5 Å². The number of aryl methyl sites for hydroxylation is 1. The number of nitrogens with one attached hydrogen (secondary N) is 2. The lowest BCUT2D eigenvalue weighted by Gasteiger charge is -2.08. The minimum atomic E-state index is -1.07. The Morgan fingerprint density at radius 1 is 1.00 bits per heavy atom. The van der Waals surface area contributed by atoms with E-state index in [0.717, 1.165) is 12.1 Å². The van der Waals surface area contributed by atoms with Crippen LogP contribution in [0.1, 0.15) is 12.0 Å². The summed E-state index contributed by atoms with van der Waals surface area (Å²) < 4.78 is 25.8. The molecule has 3 N–H and O–H groups in total. The van der Waals surface area contributed by atoms with Crippen molar-refractivity contribution < 1.29 is 23.5 Å². The average molecular weight is 334 g/mol. The summed E-state index contributed by atoms with van der Waals surface area (Å²) in [6.07, 6.45) is 0.444. The summed E-state index contributed by atoms with van der Waals surface area (Å²) in [5, 5.41) is 14.4. The molecule has 2 aromatic rings. The molecule has 0 spiro atoms. The molecule has 0 radical (unpaired) electrons. The number of aromatic hydroxyl groups is 1. The van der Waals surface area contributed by atoms with Crippen molar-refractivity contribution in [2.75, 3.05) is 11.9 Å². The van der Waals surface area contributed by atoms with E-state index < -0.39 is 17.5 Å². The largest absolute Gasteiger partial charge is 0.508 e. The fraction of sp³-hybridized carbons (Fsp3) is 0.176. The lowest BCUT2D eigenvalue weighted by Crippen LogP contribution is -2.33. The van der Waals surface area contributed by atoms with E-state index in [2.05, 4.69) is 10.6 Å². The third-order valence-electron chi connectivity index (χ3n) is 3.26. The van der Waals surface area contributed by atoms with E-state index in [1.54, 1.807) is 18.2 Å². The number of carbonyl (C=O) groups excluding carboxylic acids is 2. The van der Waals surface area contributed by atoms with Gasteiger partial charge in [-0.05, 0) is 30.2 Å². The first-order valence-electron chi connectivity index (χ1n) is 7.24. The monoisotopic (exact) mass is 334 g/mol. The Kier molecular flexibility index (Phi) is 5.83. The van der Waals surface area contributed by atoms with E-state index in [4.69, 9.17) is 0 Å². The molecule has 0 saturated heterocycles. The van der Waals surface area contributed by atoms with Crippen LogP contribution < -0.4 is 10.6 Å². The second kappa shape index (κ2) is 8.05. The average Bonchev–Trinajstić information content (AvgIpc) is 2.55.